The van der Waals surface area contributed by atoms with Crippen molar-refractivity contribution in [3.8, 4) is 0 Å². The molecule has 0 aliphatic rings. The Morgan fingerprint density at radius 1 is 1.33 bits per heavy atom. The van der Waals surface area contributed by atoms with Crippen LogP contribution in [0.25, 0.3) is 10.8 Å². The minimum absolute atomic E-state index is 0.455. The number of nitrogens with zero attached hydrogens (tertiary/aromatic N) is 1. The Balaban J connectivity index is 1.87. The van der Waals surface area contributed by atoms with Gasteiger partial charge in [-0.15, -0.1) is 0 Å². The van der Waals surface area contributed by atoms with Crippen molar-refractivity contribution in [1.29, 1.82) is 0 Å². The summed E-state index contributed by atoms with van der Waals surface area (Å²) in [7, 11) is 0. The molecule has 0 bridgehead atoms. The van der Waals surface area contributed by atoms with Gasteiger partial charge in [0, 0.05) is 40.6 Å². The molecule has 0 spiro atoms. The first-order valence-electron chi connectivity index (χ1n) is 6.74. The van der Waals surface area contributed by atoms with Crippen molar-refractivity contribution in [2.75, 3.05) is 17.6 Å². The molecule has 1 aromatic carbocycles. The molecule has 0 saturated carbocycles. The highest BCUT2D eigenvalue weighted by Crippen LogP contribution is 2.29. The summed E-state index contributed by atoms with van der Waals surface area (Å²) in [5.41, 5.74) is 9.53. The molecule has 1 unspecified atom stereocenters. The Hall–Kier alpha value is -2.11. The summed E-state index contributed by atoms with van der Waals surface area (Å²) in [6.07, 6.45) is 1.27. The second-order valence-corrected chi connectivity index (χ2v) is 5.81. The largest absolute Gasteiger partial charge is 0.398 e. The van der Waals surface area contributed by atoms with Crippen LogP contribution in [-0.2, 0) is 0 Å². The molecule has 3 aromatic rings. The predicted molar refractivity (Wildman–Crippen MR) is 88.7 cm³/mol. The van der Waals surface area contributed by atoms with Gasteiger partial charge in [0.05, 0.1) is 6.10 Å². The van der Waals surface area contributed by atoms with Crippen LogP contribution in [0.5, 0.6) is 0 Å². The maximum absolute atomic E-state index is 10.2. The smallest absolute Gasteiger partial charge is 0.0970 e. The van der Waals surface area contributed by atoms with Crippen LogP contribution in [0.1, 0.15) is 17.4 Å². The molecular formula is C16H17N3OS. The molecule has 0 fully saturated rings. The molecule has 0 saturated heterocycles. The van der Waals surface area contributed by atoms with Gasteiger partial charge in [-0.05, 0) is 47.5 Å². The third-order valence-corrected chi connectivity index (χ3v) is 4.19. The highest BCUT2D eigenvalue weighted by molar-refractivity contribution is 7.07. The van der Waals surface area contributed by atoms with Gasteiger partial charge in [-0.3, -0.25) is 4.98 Å². The number of anilines is 2. The SMILES string of the molecule is Cc1cc2c(NCC(O)c3ccsc3)ccc(N)c2cn1. The van der Waals surface area contributed by atoms with Crippen molar-refractivity contribution >= 4 is 33.5 Å². The summed E-state index contributed by atoms with van der Waals surface area (Å²) in [5.74, 6) is 0. The molecule has 2 heterocycles. The van der Waals surface area contributed by atoms with E-state index in [1.54, 1.807) is 17.5 Å². The van der Waals surface area contributed by atoms with Crippen LogP contribution in [0.3, 0.4) is 0 Å². The fraction of sp³-hybridized carbons (Fsp3) is 0.188. The number of aliphatic hydroxyl groups excluding tert-OH is 1. The molecular weight excluding hydrogens is 282 g/mol. The molecule has 4 nitrogen and oxygen atoms in total. The van der Waals surface area contributed by atoms with Crippen molar-refractivity contribution in [2.24, 2.45) is 0 Å². The standard InChI is InChI=1S/C16H17N3OS/c1-10-6-12-13(7-18-10)14(17)2-3-15(12)19-8-16(20)11-4-5-21-9-11/h2-7,9,16,19-20H,8,17H2,1H3. The summed E-state index contributed by atoms with van der Waals surface area (Å²) in [4.78, 5) is 4.29. The number of hydrogen-bond donors (Lipinski definition) is 3. The highest BCUT2D eigenvalue weighted by Gasteiger charge is 2.10. The number of aryl methyl sites for hydroxylation is 1. The van der Waals surface area contributed by atoms with E-state index in [4.69, 9.17) is 5.73 Å². The number of fused-ring (bicyclic) bond motifs is 1. The van der Waals surface area contributed by atoms with Crippen LogP contribution in [-0.4, -0.2) is 16.6 Å². The predicted octanol–water partition coefficient (Wildman–Crippen LogP) is 3.33. The number of rotatable bonds is 4. The Bertz CT molecular complexity index is 756. The van der Waals surface area contributed by atoms with E-state index in [0.29, 0.717) is 12.2 Å². The van der Waals surface area contributed by atoms with E-state index in [9.17, 15) is 5.11 Å². The van der Waals surface area contributed by atoms with Gasteiger partial charge in [0.15, 0.2) is 0 Å². The molecule has 5 heteroatoms. The summed E-state index contributed by atoms with van der Waals surface area (Å²) in [6.45, 7) is 2.41. The quantitative estimate of drug-likeness (QED) is 0.646. The number of nitrogens with two attached hydrogens (primary N) is 1. The molecule has 108 valence electrons. The maximum atomic E-state index is 10.2. The summed E-state index contributed by atoms with van der Waals surface area (Å²) in [5, 5.41) is 19.3. The van der Waals surface area contributed by atoms with Crippen molar-refractivity contribution < 1.29 is 5.11 Å². The van der Waals surface area contributed by atoms with Gasteiger partial charge in [0.2, 0.25) is 0 Å². The molecule has 0 amide bonds. The second-order valence-electron chi connectivity index (χ2n) is 5.03. The van der Waals surface area contributed by atoms with E-state index in [1.807, 2.05) is 41.9 Å². The van der Waals surface area contributed by atoms with E-state index < -0.39 is 6.10 Å². The summed E-state index contributed by atoms with van der Waals surface area (Å²) < 4.78 is 0. The number of thiophene rings is 1. The van der Waals surface area contributed by atoms with Crippen molar-refractivity contribution in [3.63, 3.8) is 0 Å². The molecule has 0 aliphatic heterocycles. The van der Waals surface area contributed by atoms with Crippen molar-refractivity contribution in [1.82, 2.24) is 4.98 Å². The second kappa shape index (κ2) is 5.71. The monoisotopic (exact) mass is 299 g/mol. The fourth-order valence-corrected chi connectivity index (χ4v) is 3.02. The number of aromatic nitrogens is 1. The first kappa shape index (κ1) is 13.9. The van der Waals surface area contributed by atoms with Crippen LogP contribution in [0.4, 0.5) is 11.4 Å². The van der Waals surface area contributed by atoms with E-state index >= 15 is 0 Å². The maximum Gasteiger partial charge on any atom is 0.0970 e. The Morgan fingerprint density at radius 3 is 2.95 bits per heavy atom. The molecule has 21 heavy (non-hydrogen) atoms. The van der Waals surface area contributed by atoms with Gasteiger partial charge < -0.3 is 16.2 Å². The van der Waals surface area contributed by atoms with E-state index in [1.165, 1.54) is 0 Å². The lowest BCUT2D eigenvalue weighted by atomic mass is 10.1. The lowest BCUT2D eigenvalue weighted by molar-refractivity contribution is 0.192. The van der Waals surface area contributed by atoms with E-state index in [-0.39, 0.29) is 0 Å². The Morgan fingerprint density at radius 2 is 2.19 bits per heavy atom. The Kier molecular flexibility index (Phi) is 3.77. The average Bonchev–Trinajstić information content (AvgIpc) is 3.00. The minimum atomic E-state index is -0.521. The summed E-state index contributed by atoms with van der Waals surface area (Å²) >= 11 is 1.58. The average molecular weight is 299 g/mol. The lowest BCUT2D eigenvalue weighted by Gasteiger charge is -2.14. The number of pyridine rings is 1. The van der Waals surface area contributed by atoms with Crippen LogP contribution in [0, 0.1) is 6.92 Å². The zero-order chi connectivity index (χ0) is 14.8. The van der Waals surface area contributed by atoms with Gasteiger partial charge in [0.25, 0.3) is 0 Å². The molecule has 4 N–H and O–H groups in total. The molecule has 0 aliphatic carbocycles. The summed E-state index contributed by atoms with van der Waals surface area (Å²) in [6, 6.07) is 7.74. The van der Waals surface area contributed by atoms with Crippen LogP contribution in [0.15, 0.2) is 41.2 Å². The number of aliphatic hydroxyl groups is 1. The van der Waals surface area contributed by atoms with Gasteiger partial charge in [-0.2, -0.15) is 11.3 Å². The van der Waals surface area contributed by atoms with Gasteiger partial charge >= 0.3 is 0 Å². The normalized spacial score (nSPS) is 12.5. The lowest BCUT2D eigenvalue weighted by Crippen LogP contribution is -2.11. The molecule has 2 aromatic heterocycles. The van der Waals surface area contributed by atoms with Crippen LogP contribution < -0.4 is 11.1 Å². The molecule has 1 atom stereocenters. The molecule has 3 rings (SSSR count). The minimum Gasteiger partial charge on any atom is -0.398 e. The number of nitrogens with one attached hydrogen (secondary N) is 1. The van der Waals surface area contributed by atoms with Gasteiger partial charge in [-0.1, -0.05) is 0 Å². The Labute approximate surface area is 127 Å². The zero-order valence-corrected chi connectivity index (χ0v) is 12.5. The third-order valence-electron chi connectivity index (χ3n) is 3.49. The highest BCUT2D eigenvalue weighted by atomic mass is 32.1. The topological polar surface area (TPSA) is 71.2 Å². The zero-order valence-electron chi connectivity index (χ0n) is 11.7. The molecule has 0 radical (unpaired) electrons. The van der Waals surface area contributed by atoms with Crippen molar-refractivity contribution in [2.45, 2.75) is 13.0 Å². The van der Waals surface area contributed by atoms with Gasteiger partial charge in [-0.25, -0.2) is 0 Å². The van der Waals surface area contributed by atoms with E-state index in [0.717, 1.165) is 27.7 Å². The van der Waals surface area contributed by atoms with Crippen molar-refractivity contribution in [3.05, 3.63) is 52.5 Å². The first-order valence-corrected chi connectivity index (χ1v) is 7.68. The van der Waals surface area contributed by atoms with E-state index in [2.05, 4.69) is 10.3 Å². The first-order chi connectivity index (χ1) is 10.1. The number of hydrogen-bond acceptors (Lipinski definition) is 5. The third kappa shape index (κ3) is 2.84. The number of benzene rings is 1. The fourth-order valence-electron chi connectivity index (χ4n) is 2.31. The van der Waals surface area contributed by atoms with Gasteiger partial charge in [0.1, 0.15) is 0 Å². The van der Waals surface area contributed by atoms with Crippen LogP contribution in [0.2, 0.25) is 0 Å². The van der Waals surface area contributed by atoms with Crippen LogP contribution >= 0.6 is 11.3 Å². The number of nitrogen functional groups attached to an aromatic ring is 1.